The van der Waals surface area contributed by atoms with Gasteiger partial charge in [-0.05, 0) is 17.7 Å². The van der Waals surface area contributed by atoms with Crippen LogP contribution in [0.4, 0.5) is 5.69 Å². The van der Waals surface area contributed by atoms with E-state index in [1.54, 1.807) is 0 Å². The number of nitrogens with zero attached hydrogens (tertiary/aromatic N) is 4. The van der Waals surface area contributed by atoms with Crippen molar-refractivity contribution in [1.29, 1.82) is 0 Å². The van der Waals surface area contributed by atoms with Gasteiger partial charge >= 0.3 is 0 Å². The lowest BCUT2D eigenvalue weighted by molar-refractivity contribution is 0.0676. The number of amidine groups is 1. The molecule has 0 radical (unpaired) electrons. The summed E-state index contributed by atoms with van der Waals surface area (Å²) in [5.41, 5.74) is 2.15. The van der Waals surface area contributed by atoms with Gasteiger partial charge < -0.3 is 14.5 Å². The van der Waals surface area contributed by atoms with Crippen LogP contribution in [0.25, 0.3) is 0 Å². The first-order chi connectivity index (χ1) is 12.7. The highest BCUT2D eigenvalue weighted by atomic mass is 16.5. The number of guanidine groups is 1. The number of morpholine rings is 1. The molecule has 0 spiro atoms. The van der Waals surface area contributed by atoms with Gasteiger partial charge in [-0.15, -0.1) is 0 Å². The van der Waals surface area contributed by atoms with Crippen LogP contribution in [0, 0.1) is 0 Å². The van der Waals surface area contributed by atoms with Crippen LogP contribution in [0.3, 0.4) is 0 Å². The van der Waals surface area contributed by atoms with E-state index in [1.807, 2.05) is 50.5 Å². The largest absolute Gasteiger partial charge is 0.378 e. The smallest absolute Gasteiger partial charge is 0.227 e. The zero-order valence-corrected chi connectivity index (χ0v) is 15.5. The highest BCUT2D eigenvalue weighted by Gasteiger charge is 2.17. The van der Waals surface area contributed by atoms with Gasteiger partial charge in [0.1, 0.15) is 5.84 Å². The summed E-state index contributed by atoms with van der Waals surface area (Å²) in [7, 11) is 4.06. The van der Waals surface area contributed by atoms with Gasteiger partial charge in [-0.1, -0.05) is 48.5 Å². The number of para-hydroxylation sites is 1. The molecule has 5 nitrogen and oxygen atoms in total. The van der Waals surface area contributed by atoms with Crippen LogP contribution in [0.15, 0.2) is 70.6 Å². The van der Waals surface area contributed by atoms with Crippen LogP contribution in [0.2, 0.25) is 0 Å². The minimum atomic E-state index is 0.708. The Morgan fingerprint density at radius 2 is 1.58 bits per heavy atom. The Labute approximate surface area is 155 Å². The van der Waals surface area contributed by atoms with E-state index in [9.17, 15) is 0 Å². The molecule has 2 aromatic carbocycles. The van der Waals surface area contributed by atoms with Crippen molar-refractivity contribution in [2.24, 2.45) is 9.98 Å². The zero-order valence-electron chi connectivity index (χ0n) is 15.5. The van der Waals surface area contributed by atoms with Crippen LogP contribution in [0.1, 0.15) is 5.56 Å². The fourth-order valence-electron chi connectivity index (χ4n) is 2.74. The molecule has 1 fully saturated rings. The molecule has 1 saturated heterocycles. The zero-order chi connectivity index (χ0) is 18.2. The Kier molecular flexibility index (Phi) is 6.39. The second kappa shape index (κ2) is 9.15. The van der Waals surface area contributed by atoms with Gasteiger partial charge in [0.05, 0.1) is 18.9 Å². The van der Waals surface area contributed by atoms with Gasteiger partial charge in [0, 0.05) is 33.6 Å². The van der Waals surface area contributed by atoms with E-state index in [0.29, 0.717) is 13.2 Å². The predicted octanol–water partition coefficient (Wildman–Crippen LogP) is 3.21. The average Bonchev–Trinajstić information content (AvgIpc) is 2.69. The Balaban J connectivity index is 1.92. The number of rotatable bonds is 3. The SMILES string of the molecule is CN(C)C(Cc1ccccc1)=NC(=Nc1ccccc1)N1CCOCC1. The number of ether oxygens (including phenoxy) is 1. The van der Waals surface area contributed by atoms with Crippen LogP contribution in [-0.4, -0.2) is 62.0 Å². The van der Waals surface area contributed by atoms with Crippen molar-refractivity contribution in [2.45, 2.75) is 6.42 Å². The quantitative estimate of drug-likeness (QED) is 0.630. The topological polar surface area (TPSA) is 40.4 Å². The fourth-order valence-corrected chi connectivity index (χ4v) is 2.74. The van der Waals surface area contributed by atoms with Gasteiger partial charge in [-0.2, -0.15) is 4.99 Å². The van der Waals surface area contributed by atoms with E-state index in [-0.39, 0.29) is 0 Å². The molecule has 0 amide bonds. The number of benzene rings is 2. The molecule has 1 heterocycles. The predicted molar refractivity (Wildman–Crippen MR) is 107 cm³/mol. The summed E-state index contributed by atoms with van der Waals surface area (Å²) in [5, 5.41) is 0. The minimum Gasteiger partial charge on any atom is -0.378 e. The second-order valence-electron chi connectivity index (χ2n) is 6.43. The Hall–Kier alpha value is -2.66. The van der Waals surface area contributed by atoms with E-state index in [4.69, 9.17) is 14.7 Å². The lowest BCUT2D eigenvalue weighted by Gasteiger charge is -2.28. The second-order valence-corrected chi connectivity index (χ2v) is 6.43. The molecule has 1 aliphatic heterocycles. The maximum absolute atomic E-state index is 5.49. The molecular weight excluding hydrogens is 324 g/mol. The number of likely N-dealkylation sites (N-methyl/N-ethyl adjacent to an activating group) is 1. The average molecular weight is 350 g/mol. The van der Waals surface area contributed by atoms with E-state index in [0.717, 1.165) is 37.0 Å². The molecule has 0 N–H and O–H groups in total. The monoisotopic (exact) mass is 350 g/mol. The number of aliphatic imine (C=N–C) groups is 2. The van der Waals surface area contributed by atoms with E-state index >= 15 is 0 Å². The van der Waals surface area contributed by atoms with Gasteiger partial charge in [-0.25, -0.2) is 4.99 Å². The number of hydrogen-bond donors (Lipinski definition) is 0. The molecule has 5 heteroatoms. The third kappa shape index (κ3) is 5.17. The minimum absolute atomic E-state index is 0.708. The molecular formula is C21H26N4O. The van der Waals surface area contributed by atoms with Gasteiger partial charge in [0.25, 0.3) is 0 Å². The molecule has 0 atom stereocenters. The summed E-state index contributed by atoms with van der Waals surface area (Å²) < 4.78 is 5.49. The van der Waals surface area contributed by atoms with E-state index in [1.165, 1.54) is 5.56 Å². The molecule has 0 aliphatic carbocycles. The molecule has 0 unspecified atom stereocenters. The third-order valence-electron chi connectivity index (χ3n) is 4.23. The summed E-state index contributed by atoms with van der Waals surface area (Å²) in [4.78, 5) is 14.0. The molecule has 1 aliphatic rings. The summed E-state index contributed by atoms with van der Waals surface area (Å²) >= 11 is 0. The molecule has 26 heavy (non-hydrogen) atoms. The van der Waals surface area contributed by atoms with Crippen LogP contribution in [-0.2, 0) is 11.2 Å². The maximum atomic E-state index is 5.49. The lowest BCUT2D eigenvalue weighted by Crippen LogP contribution is -2.41. The first kappa shape index (κ1) is 18.1. The van der Waals surface area contributed by atoms with E-state index < -0.39 is 0 Å². The third-order valence-corrected chi connectivity index (χ3v) is 4.23. The summed E-state index contributed by atoms with van der Waals surface area (Å²) in [5.74, 6) is 1.73. The van der Waals surface area contributed by atoms with Crippen molar-refractivity contribution in [3.8, 4) is 0 Å². The van der Waals surface area contributed by atoms with Crippen molar-refractivity contribution >= 4 is 17.5 Å². The molecule has 2 aromatic rings. The van der Waals surface area contributed by atoms with Gasteiger partial charge in [-0.3, -0.25) is 0 Å². The summed E-state index contributed by atoms with van der Waals surface area (Å²) in [6.45, 7) is 3.03. The van der Waals surface area contributed by atoms with Crippen molar-refractivity contribution < 1.29 is 4.74 Å². The molecule has 3 rings (SSSR count). The Morgan fingerprint density at radius 1 is 0.962 bits per heavy atom. The fraction of sp³-hybridized carbons (Fsp3) is 0.333. The van der Waals surface area contributed by atoms with Crippen molar-refractivity contribution in [3.05, 3.63) is 66.2 Å². The van der Waals surface area contributed by atoms with Gasteiger partial charge in [0.15, 0.2) is 0 Å². The van der Waals surface area contributed by atoms with E-state index in [2.05, 4.69) is 34.1 Å². The summed E-state index contributed by atoms with van der Waals surface area (Å²) in [6, 6.07) is 20.4. The Morgan fingerprint density at radius 3 is 2.19 bits per heavy atom. The first-order valence-corrected chi connectivity index (χ1v) is 8.97. The first-order valence-electron chi connectivity index (χ1n) is 8.97. The van der Waals surface area contributed by atoms with Crippen molar-refractivity contribution in [2.75, 3.05) is 40.4 Å². The lowest BCUT2D eigenvalue weighted by atomic mass is 10.1. The standard InChI is InChI=1S/C21H26N4O/c1-24(2)20(17-18-9-5-3-6-10-18)23-21(25-13-15-26-16-14-25)22-19-11-7-4-8-12-19/h3-12H,13-17H2,1-2H3. The van der Waals surface area contributed by atoms with Crippen LogP contribution < -0.4 is 0 Å². The van der Waals surface area contributed by atoms with Crippen molar-refractivity contribution in [3.63, 3.8) is 0 Å². The Bertz CT molecular complexity index is 735. The highest BCUT2D eigenvalue weighted by molar-refractivity contribution is 5.97. The van der Waals surface area contributed by atoms with Crippen LogP contribution >= 0.6 is 0 Å². The highest BCUT2D eigenvalue weighted by Crippen LogP contribution is 2.14. The molecule has 0 aromatic heterocycles. The number of hydrogen-bond acceptors (Lipinski definition) is 2. The van der Waals surface area contributed by atoms with Gasteiger partial charge in [0.2, 0.25) is 5.96 Å². The molecule has 0 bridgehead atoms. The normalized spacial score (nSPS) is 15.8. The maximum Gasteiger partial charge on any atom is 0.227 e. The van der Waals surface area contributed by atoms with Crippen LogP contribution in [0.5, 0.6) is 0 Å². The molecule has 136 valence electrons. The van der Waals surface area contributed by atoms with Crippen molar-refractivity contribution in [1.82, 2.24) is 9.80 Å². The summed E-state index contributed by atoms with van der Waals surface area (Å²) in [6.07, 6.45) is 0.770. The molecule has 0 saturated carbocycles.